The molecule has 146 valence electrons. The van der Waals surface area contributed by atoms with Crippen molar-refractivity contribution in [3.63, 3.8) is 0 Å². The van der Waals surface area contributed by atoms with Gasteiger partial charge in [-0.15, -0.1) is 0 Å². The fourth-order valence-corrected chi connectivity index (χ4v) is 2.59. The summed E-state index contributed by atoms with van der Waals surface area (Å²) in [6.45, 7) is 7.22. The first-order valence-corrected chi connectivity index (χ1v) is 8.47. The number of halogens is 1. The summed E-state index contributed by atoms with van der Waals surface area (Å²) in [6.07, 6.45) is 1.47. The lowest BCUT2D eigenvalue weighted by molar-refractivity contribution is 0.102. The van der Waals surface area contributed by atoms with E-state index in [0.29, 0.717) is 34.2 Å². The van der Waals surface area contributed by atoms with Gasteiger partial charge in [0.05, 0.1) is 43.9 Å². The summed E-state index contributed by atoms with van der Waals surface area (Å²) in [7, 11) is 2.92. The molecule has 0 spiro atoms. The number of hydrogen-bond acceptors (Lipinski definition) is 5. The van der Waals surface area contributed by atoms with E-state index in [0.717, 1.165) is 0 Å². The standard InChI is InChI=1S/C21H17FN4O3/c1-23-14-5-7-16(21(27)25-15-6-9-20(29-3)24-12-15)18(11-14)26-17-8-4-13(22)10-19(17)28-2/h4-12,26H,2-3H3,(H,25,27). The molecule has 0 saturated heterocycles. The van der Waals surface area contributed by atoms with Crippen molar-refractivity contribution in [1.82, 2.24) is 4.98 Å². The number of ether oxygens (including phenoxy) is 2. The lowest BCUT2D eigenvalue weighted by Gasteiger charge is -2.15. The highest BCUT2D eigenvalue weighted by Crippen LogP contribution is 2.32. The van der Waals surface area contributed by atoms with Crippen LogP contribution in [-0.2, 0) is 0 Å². The molecule has 0 fully saturated rings. The van der Waals surface area contributed by atoms with Crippen LogP contribution in [0.2, 0.25) is 0 Å². The highest BCUT2D eigenvalue weighted by molar-refractivity contribution is 6.09. The molecule has 0 saturated carbocycles. The van der Waals surface area contributed by atoms with Crippen LogP contribution in [0.15, 0.2) is 54.7 Å². The molecule has 29 heavy (non-hydrogen) atoms. The highest BCUT2D eigenvalue weighted by atomic mass is 19.1. The van der Waals surface area contributed by atoms with Gasteiger partial charge in [-0.05, 0) is 24.3 Å². The van der Waals surface area contributed by atoms with Gasteiger partial charge in [0.2, 0.25) is 5.88 Å². The van der Waals surface area contributed by atoms with Crippen LogP contribution < -0.4 is 20.1 Å². The molecule has 0 atom stereocenters. The number of pyridine rings is 1. The zero-order chi connectivity index (χ0) is 20.8. The van der Waals surface area contributed by atoms with Crippen LogP contribution in [-0.4, -0.2) is 25.1 Å². The number of carbonyl (C=O) groups is 1. The molecule has 0 aliphatic carbocycles. The second-order valence-electron chi connectivity index (χ2n) is 5.85. The Morgan fingerprint density at radius 2 is 1.90 bits per heavy atom. The Morgan fingerprint density at radius 3 is 2.55 bits per heavy atom. The number of aromatic nitrogens is 1. The quantitative estimate of drug-likeness (QED) is 0.590. The van der Waals surface area contributed by atoms with Crippen molar-refractivity contribution in [1.29, 1.82) is 0 Å². The van der Waals surface area contributed by atoms with Crippen molar-refractivity contribution < 1.29 is 18.7 Å². The summed E-state index contributed by atoms with van der Waals surface area (Å²) < 4.78 is 23.7. The first kappa shape index (κ1) is 19.6. The van der Waals surface area contributed by atoms with Gasteiger partial charge >= 0.3 is 0 Å². The maximum atomic E-state index is 13.5. The zero-order valence-corrected chi connectivity index (χ0v) is 15.7. The SMILES string of the molecule is [C-]#[N+]c1ccc(C(=O)Nc2ccc(OC)nc2)c(Nc2ccc(F)cc2OC)c1. The van der Waals surface area contributed by atoms with Gasteiger partial charge in [-0.3, -0.25) is 4.79 Å². The first-order valence-electron chi connectivity index (χ1n) is 8.47. The van der Waals surface area contributed by atoms with Crippen molar-refractivity contribution >= 4 is 28.7 Å². The second-order valence-corrected chi connectivity index (χ2v) is 5.85. The van der Waals surface area contributed by atoms with Crippen LogP contribution >= 0.6 is 0 Å². The van der Waals surface area contributed by atoms with Crippen LogP contribution in [0.1, 0.15) is 10.4 Å². The van der Waals surface area contributed by atoms with Crippen LogP contribution in [0.25, 0.3) is 4.85 Å². The number of methoxy groups -OCH3 is 2. The molecule has 0 unspecified atom stereocenters. The monoisotopic (exact) mass is 392 g/mol. The lowest BCUT2D eigenvalue weighted by atomic mass is 10.1. The van der Waals surface area contributed by atoms with Crippen molar-refractivity contribution in [3.8, 4) is 11.6 Å². The summed E-state index contributed by atoms with van der Waals surface area (Å²) in [5, 5.41) is 5.79. The predicted molar refractivity (Wildman–Crippen MR) is 108 cm³/mol. The molecule has 0 radical (unpaired) electrons. The van der Waals surface area contributed by atoms with E-state index < -0.39 is 11.7 Å². The number of nitrogens with one attached hydrogen (secondary N) is 2. The van der Waals surface area contributed by atoms with Crippen molar-refractivity contribution in [2.45, 2.75) is 0 Å². The molecule has 2 aromatic carbocycles. The largest absolute Gasteiger partial charge is 0.494 e. The van der Waals surface area contributed by atoms with Gasteiger partial charge in [0.25, 0.3) is 5.91 Å². The maximum Gasteiger partial charge on any atom is 0.257 e. The zero-order valence-electron chi connectivity index (χ0n) is 15.7. The van der Waals surface area contributed by atoms with E-state index >= 15 is 0 Å². The summed E-state index contributed by atoms with van der Waals surface area (Å²) in [5.74, 6) is -0.163. The molecular formula is C21H17FN4O3. The van der Waals surface area contributed by atoms with Crippen LogP contribution in [0.3, 0.4) is 0 Å². The molecule has 0 bridgehead atoms. The molecule has 0 aliphatic heterocycles. The number of amides is 1. The highest BCUT2D eigenvalue weighted by Gasteiger charge is 2.15. The smallest absolute Gasteiger partial charge is 0.257 e. The number of rotatable bonds is 6. The Bertz CT molecular complexity index is 1080. The third kappa shape index (κ3) is 4.59. The van der Waals surface area contributed by atoms with Crippen LogP contribution in [0.5, 0.6) is 11.6 Å². The second kappa shape index (κ2) is 8.71. The van der Waals surface area contributed by atoms with Crippen molar-refractivity contribution in [3.05, 3.63) is 77.5 Å². The predicted octanol–water partition coefficient (Wildman–Crippen LogP) is 4.78. The normalized spacial score (nSPS) is 10.0. The fraction of sp³-hybridized carbons (Fsp3) is 0.0952. The van der Waals surface area contributed by atoms with Gasteiger partial charge in [-0.25, -0.2) is 14.2 Å². The molecular weight excluding hydrogens is 375 g/mol. The number of carbonyl (C=O) groups excluding carboxylic acids is 1. The van der Waals surface area contributed by atoms with E-state index in [-0.39, 0.29) is 5.75 Å². The van der Waals surface area contributed by atoms with Gasteiger partial charge in [-0.1, -0.05) is 12.1 Å². The van der Waals surface area contributed by atoms with Gasteiger partial charge in [0.1, 0.15) is 11.6 Å². The number of benzene rings is 2. The van der Waals surface area contributed by atoms with Gasteiger partial charge in [-0.2, -0.15) is 0 Å². The third-order valence-corrected chi connectivity index (χ3v) is 4.01. The Labute approximate surface area is 166 Å². The van der Waals surface area contributed by atoms with Gasteiger partial charge in [0.15, 0.2) is 5.69 Å². The Hall–Kier alpha value is -4.12. The summed E-state index contributed by atoms with van der Waals surface area (Å²) in [6, 6.07) is 11.9. The summed E-state index contributed by atoms with van der Waals surface area (Å²) in [4.78, 5) is 20.3. The van der Waals surface area contributed by atoms with Crippen LogP contribution in [0.4, 0.5) is 27.1 Å². The Kier molecular flexibility index (Phi) is 5.90. The molecule has 2 N–H and O–H groups in total. The van der Waals surface area contributed by atoms with E-state index in [1.165, 1.54) is 50.7 Å². The first-order chi connectivity index (χ1) is 14.0. The van der Waals surface area contributed by atoms with E-state index in [2.05, 4.69) is 20.5 Å². The average molecular weight is 392 g/mol. The van der Waals surface area contributed by atoms with E-state index in [1.807, 2.05) is 0 Å². The van der Waals surface area contributed by atoms with Gasteiger partial charge in [0, 0.05) is 17.8 Å². The number of hydrogen-bond donors (Lipinski definition) is 2. The molecule has 0 aliphatic rings. The Morgan fingerprint density at radius 1 is 1.07 bits per heavy atom. The third-order valence-electron chi connectivity index (χ3n) is 4.01. The van der Waals surface area contributed by atoms with Crippen LogP contribution in [0, 0.1) is 12.4 Å². The van der Waals surface area contributed by atoms with E-state index in [4.69, 9.17) is 16.0 Å². The fourth-order valence-electron chi connectivity index (χ4n) is 2.59. The average Bonchev–Trinajstić information content (AvgIpc) is 2.75. The van der Waals surface area contributed by atoms with E-state index in [1.54, 1.807) is 18.2 Å². The van der Waals surface area contributed by atoms with Crippen molar-refractivity contribution in [2.75, 3.05) is 24.9 Å². The molecule has 1 amide bonds. The number of anilines is 3. The molecule has 1 aromatic heterocycles. The molecule has 3 rings (SSSR count). The maximum absolute atomic E-state index is 13.5. The molecule has 7 nitrogen and oxygen atoms in total. The summed E-state index contributed by atoms with van der Waals surface area (Å²) >= 11 is 0. The molecule has 1 heterocycles. The minimum atomic E-state index is -0.452. The summed E-state index contributed by atoms with van der Waals surface area (Å²) in [5.41, 5.74) is 1.95. The molecule has 8 heteroatoms. The van der Waals surface area contributed by atoms with Gasteiger partial charge < -0.3 is 20.1 Å². The van der Waals surface area contributed by atoms with E-state index in [9.17, 15) is 9.18 Å². The Balaban J connectivity index is 1.92. The lowest BCUT2D eigenvalue weighted by Crippen LogP contribution is -2.14. The molecule has 3 aromatic rings. The van der Waals surface area contributed by atoms with Crippen molar-refractivity contribution in [2.24, 2.45) is 0 Å². The topological polar surface area (TPSA) is 76.8 Å². The number of nitrogens with zero attached hydrogens (tertiary/aromatic N) is 2. The minimum absolute atomic E-state index is 0.268. The minimum Gasteiger partial charge on any atom is -0.494 e.